The van der Waals surface area contributed by atoms with Crippen molar-refractivity contribution in [3.8, 4) is 11.4 Å². The standard InChI is InChI=1S/C22H23FN4OS/c1-15(21(28)26(2)14-16-8-4-3-5-9-16)29-22-25-24-20(27(22)17-12-13-17)18-10-6-7-11-19(18)23/h3-11,15,17H,12-14H2,1-2H3/t15-/m1/s1. The van der Waals surface area contributed by atoms with Crippen LogP contribution in [0.2, 0.25) is 0 Å². The molecule has 0 spiro atoms. The van der Waals surface area contributed by atoms with E-state index < -0.39 is 0 Å². The SMILES string of the molecule is C[C@@H](Sc1nnc(-c2ccccc2F)n1C1CC1)C(=O)N(C)Cc1ccccc1. The third-order valence-electron chi connectivity index (χ3n) is 4.96. The second kappa shape index (κ2) is 8.37. The molecule has 1 aliphatic rings. The monoisotopic (exact) mass is 410 g/mol. The van der Waals surface area contributed by atoms with Gasteiger partial charge in [-0.15, -0.1) is 10.2 Å². The summed E-state index contributed by atoms with van der Waals surface area (Å²) in [5.41, 5.74) is 1.53. The third-order valence-corrected chi connectivity index (χ3v) is 6.00. The Bertz CT molecular complexity index is 1000. The number of thioether (sulfide) groups is 1. The van der Waals surface area contributed by atoms with Crippen molar-refractivity contribution >= 4 is 17.7 Å². The molecule has 2 aromatic carbocycles. The second-order valence-corrected chi connectivity index (χ2v) is 8.64. The van der Waals surface area contributed by atoms with E-state index in [1.807, 2.05) is 48.9 Å². The Hall–Kier alpha value is -2.67. The summed E-state index contributed by atoms with van der Waals surface area (Å²) >= 11 is 1.38. The summed E-state index contributed by atoms with van der Waals surface area (Å²) < 4.78 is 16.3. The van der Waals surface area contributed by atoms with Crippen LogP contribution in [0, 0.1) is 5.82 Å². The van der Waals surface area contributed by atoms with E-state index in [0.29, 0.717) is 23.1 Å². The molecule has 5 nitrogen and oxygen atoms in total. The Morgan fingerprint density at radius 3 is 2.55 bits per heavy atom. The predicted molar refractivity (Wildman–Crippen MR) is 112 cm³/mol. The first-order chi connectivity index (χ1) is 14.0. The summed E-state index contributed by atoms with van der Waals surface area (Å²) in [6.07, 6.45) is 2.03. The van der Waals surface area contributed by atoms with Gasteiger partial charge in [0.15, 0.2) is 11.0 Å². The average molecular weight is 411 g/mol. The number of carbonyl (C=O) groups excluding carboxylic acids is 1. The largest absolute Gasteiger partial charge is 0.340 e. The van der Waals surface area contributed by atoms with Gasteiger partial charge in [-0.1, -0.05) is 54.2 Å². The van der Waals surface area contributed by atoms with Crippen molar-refractivity contribution in [2.45, 2.75) is 42.8 Å². The zero-order valence-corrected chi connectivity index (χ0v) is 17.3. The molecule has 1 saturated carbocycles. The van der Waals surface area contributed by atoms with Crippen LogP contribution in [0.3, 0.4) is 0 Å². The third kappa shape index (κ3) is 4.34. The highest BCUT2D eigenvalue weighted by Crippen LogP contribution is 2.42. The average Bonchev–Trinajstić information content (AvgIpc) is 3.49. The van der Waals surface area contributed by atoms with E-state index >= 15 is 0 Å². The van der Waals surface area contributed by atoms with Gasteiger partial charge in [0.25, 0.3) is 0 Å². The molecule has 0 aliphatic heterocycles. The minimum absolute atomic E-state index is 0.0247. The molecule has 150 valence electrons. The number of benzene rings is 2. The van der Waals surface area contributed by atoms with Gasteiger partial charge < -0.3 is 4.90 Å². The highest BCUT2D eigenvalue weighted by molar-refractivity contribution is 8.00. The summed E-state index contributed by atoms with van der Waals surface area (Å²) in [6, 6.07) is 16.8. The maximum atomic E-state index is 14.3. The number of aromatic nitrogens is 3. The first kappa shape index (κ1) is 19.6. The van der Waals surface area contributed by atoms with Crippen molar-refractivity contribution in [1.29, 1.82) is 0 Å². The Morgan fingerprint density at radius 2 is 1.86 bits per heavy atom. The molecule has 1 fully saturated rings. The van der Waals surface area contributed by atoms with Crippen LogP contribution in [0.1, 0.15) is 31.4 Å². The fourth-order valence-corrected chi connectivity index (χ4v) is 4.33. The minimum Gasteiger partial charge on any atom is -0.340 e. The molecule has 1 amide bonds. The lowest BCUT2D eigenvalue weighted by Crippen LogP contribution is -2.33. The Balaban J connectivity index is 1.52. The molecular weight excluding hydrogens is 387 g/mol. The maximum absolute atomic E-state index is 14.3. The van der Waals surface area contributed by atoms with Crippen LogP contribution in [0.25, 0.3) is 11.4 Å². The molecule has 0 N–H and O–H groups in total. The molecule has 0 saturated heterocycles. The van der Waals surface area contributed by atoms with Gasteiger partial charge >= 0.3 is 0 Å². The van der Waals surface area contributed by atoms with Crippen molar-refractivity contribution in [2.75, 3.05) is 7.05 Å². The minimum atomic E-state index is -0.320. The smallest absolute Gasteiger partial charge is 0.235 e. The van der Waals surface area contributed by atoms with Gasteiger partial charge in [-0.3, -0.25) is 9.36 Å². The summed E-state index contributed by atoms with van der Waals surface area (Å²) in [4.78, 5) is 14.6. The summed E-state index contributed by atoms with van der Waals surface area (Å²) in [6.45, 7) is 2.43. The predicted octanol–water partition coefficient (Wildman–Crippen LogP) is 4.56. The highest BCUT2D eigenvalue weighted by atomic mass is 32.2. The number of amides is 1. The highest BCUT2D eigenvalue weighted by Gasteiger charge is 2.32. The van der Waals surface area contributed by atoms with Gasteiger partial charge in [0.2, 0.25) is 5.91 Å². The molecule has 7 heteroatoms. The van der Waals surface area contributed by atoms with E-state index in [1.54, 1.807) is 23.1 Å². The zero-order chi connectivity index (χ0) is 20.4. The Morgan fingerprint density at radius 1 is 1.17 bits per heavy atom. The maximum Gasteiger partial charge on any atom is 0.235 e. The van der Waals surface area contributed by atoms with E-state index in [2.05, 4.69) is 10.2 Å². The van der Waals surface area contributed by atoms with Gasteiger partial charge in [0, 0.05) is 19.6 Å². The number of rotatable bonds is 7. The first-order valence-corrected chi connectivity index (χ1v) is 10.6. The first-order valence-electron chi connectivity index (χ1n) is 9.70. The molecule has 1 aromatic heterocycles. The Kier molecular flexibility index (Phi) is 5.67. The molecule has 0 unspecified atom stereocenters. The van der Waals surface area contributed by atoms with Crippen molar-refractivity contribution < 1.29 is 9.18 Å². The normalized spacial score (nSPS) is 14.6. The van der Waals surface area contributed by atoms with Gasteiger partial charge in [0.1, 0.15) is 5.82 Å². The number of nitrogens with zero attached hydrogens (tertiary/aromatic N) is 4. The van der Waals surface area contributed by atoms with E-state index in [9.17, 15) is 9.18 Å². The number of hydrogen-bond donors (Lipinski definition) is 0. The van der Waals surface area contributed by atoms with Gasteiger partial charge in [0.05, 0.1) is 10.8 Å². The summed E-state index contributed by atoms with van der Waals surface area (Å²) in [7, 11) is 1.81. The van der Waals surface area contributed by atoms with Gasteiger partial charge in [-0.2, -0.15) is 0 Å². The van der Waals surface area contributed by atoms with E-state index in [4.69, 9.17) is 0 Å². The molecule has 1 heterocycles. The lowest BCUT2D eigenvalue weighted by atomic mass is 10.2. The molecule has 3 aromatic rings. The summed E-state index contributed by atoms with van der Waals surface area (Å²) in [5, 5.41) is 8.91. The van der Waals surface area contributed by atoms with Crippen LogP contribution in [-0.2, 0) is 11.3 Å². The quantitative estimate of drug-likeness (QED) is 0.536. The van der Waals surface area contributed by atoms with Crippen LogP contribution < -0.4 is 0 Å². The van der Waals surface area contributed by atoms with Crippen LogP contribution >= 0.6 is 11.8 Å². The molecule has 0 bridgehead atoms. The molecule has 0 radical (unpaired) electrons. The van der Waals surface area contributed by atoms with Crippen molar-refractivity contribution in [3.05, 3.63) is 66.0 Å². The molecular formula is C22H23FN4OS. The molecule has 1 atom stereocenters. The molecule has 1 aliphatic carbocycles. The molecule has 4 rings (SSSR count). The lowest BCUT2D eigenvalue weighted by Gasteiger charge is -2.21. The van der Waals surface area contributed by atoms with Crippen LogP contribution in [0.15, 0.2) is 59.8 Å². The lowest BCUT2D eigenvalue weighted by molar-refractivity contribution is -0.129. The number of carbonyl (C=O) groups is 1. The van der Waals surface area contributed by atoms with Crippen molar-refractivity contribution in [2.24, 2.45) is 0 Å². The van der Waals surface area contributed by atoms with Gasteiger partial charge in [-0.05, 0) is 37.5 Å². The van der Waals surface area contributed by atoms with Gasteiger partial charge in [-0.25, -0.2) is 4.39 Å². The number of hydrogen-bond acceptors (Lipinski definition) is 4. The van der Waals surface area contributed by atoms with E-state index in [0.717, 1.165) is 18.4 Å². The fourth-order valence-electron chi connectivity index (χ4n) is 3.30. The van der Waals surface area contributed by atoms with E-state index in [1.165, 1.54) is 17.8 Å². The van der Waals surface area contributed by atoms with Crippen LogP contribution in [0.4, 0.5) is 4.39 Å². The Labute approximate surface area is 173 Å². The van der Waals surface area contributed by atoms with Crippen LogP contribution in [0.5, 0.6) is 0 Å². The van der Waals surface area contributed by atoms with Crippen LogP contribution in [-0.4, -0.2) is 37.9 Å². The van der Waals surface area contributed by atoms with Crippen molar-refractivity contribution in [1.82, 2.24) is 19.7 Å². The van der Waals surface area contributed by atoms with Crippen molar-refractivity contribution in [3.63, 3.8) is 0 Å². The van der Waals surface area contributed by atoms with E-state index in [-0.39, 0.29) is 23.0 Å². The summed E-state index contributed by atoms with van der Waals surface area (Å²) in [5.74, 6) is 0.243. The zero-order valence-electron chi connectivity index (χ0n) is 16.5. The topological polar surface area (TPSA) is 51.0 Å². The fraction of sp³-hybridized carbons (Fsp3) is 0.318. The second-order valence-electron chi connectivity index (χ2n) is 7.33. The molecule has 29 heavy (non-hydrogen) atoms. The number of halogens is 1.